The molecule has 0 aliphatic heterocycles. The fourth-order valence-corrected chi connectivity index (χ4v) is 4.64. The largest absolute Gasteiger partial charge is 0.362 e. The van der Waals surface area contributed by atoms with Gasteiger partial charge in [-0.3, -0.25) is 0 Å². The molecule has 2 aromatic carbocycles. The minimum absolute atomic E-state index is 0. The van der Waals surface area contributed by atoms with Crippen molar-refractivity contribution in [3.05, 3.63) is 58.1 Å². The number of hydrogen-bond donors (Lipinski definition) is 2. The minimum Gasteiger partial charge on any atom is -0.362 e. The molecule has 0 radical (unpaired) electrons. The minimum atomic E-state index is 0. The fraction of sp³-hybridized carbons (Fsp3) is 0.417. The summed E-state index contributed by atoms with van der Waals surface area (Å²) in [5.74, 6) is 1.65. The Balaban J connectivity index is 0.00000272. The van der Waals surface area contributed by atoms with Crippen LogP contribution < -0.4 is 15.5 Å². The van der Waals surface area contributed by atoms with Crippen molar-refractivity contribution in [3.63, 3.8) is 0 Å². The lowest BCUT2D eigenvalue weighted by Gasteiger charge is -2.30. The standard InChI is InChI=1S/C23H27Cl2N5.CH4/c1-30(2)22-20-5-3-4-6-21(20)28-23(29-22)27-19-9-7-18(8-10-19)26-14-15-11-16(24)13-17(25)12-15;/h3-6,11-13,18-19,26H,7-10,14H2,1-2H3,(H,27,28,29);1H4. The summed E-state index contributed by atoms with van der Waals surface area (Å²) >= 11 is 12.2. The van der Waals surface area contributed by atoms with E-state index in [1.807, 2.05) is 49.3 Å². The zero-order valence-electron chi connectivity index (χ0n) is 17.3. The second-order valence-electron chi connectivity index (χ2n) is 8.13. The molecule has 31 heavy (non-hydrogen) atoms. The summed E-state index contributed by atoms with van der Waals surface area (Å²) in [5.41, 5.74) is 2.09. The van der Waals surface area contributed by atoms with Crippen molar-refractivity contribution in [2.75, 3.05) is 24.3 Å². The number of fused-ring (bicyclic) bond motifs is 1. The number of hydrogen-bond acceptors (Lipinski definition) is 5. The second-order valence-corrected chi connectivity index (χ2v) is 9.01. The first-order chi connectivity index (χ1) is 14.5. The van der Waals surface area contributed by atoms with E-state index >= 15 is 0 Å². The molecule has 0 amide bonds. The van der Waals surface area contributed by atoms with Gasteiger partial charge in [0.25, 0.3) is 0 Å². The first-order valence-corrected chi connectivity index (χ1v) is 11.1. The first kappa shape index (κ1) is 23.6. The number of anilines is 2. The molecule has 4 rings (SSSR count). The molecule has 0 saturated heterocycles. The molecule has 1 heterocycles. The van der Waals surface area contributed by atoms with Crippen LogP contribution in [0.3, 0.4) is 0 Å². The number of rotatable bonds is 6. The lowest BCUT2D eigenvalue weighted by molar-refractivity contribution is 0.352. The van der Waals surface area contributed by atoms with E-state index in [0.29, 0.717) is 28.1 Å². The smallest absolute Gasteiger partial charge is 0.225 e. The van der Waals surface area contributed by atoms with Crippen molar-refractivity contribution < 1.29 is 0 Å². The van der Waals surface area contributed by atoms with Crippen molar-refractivity contribution in [2.24, 2.45) is 0 Å². The van der Waals surface area contributed by atoms with Gasteiger partial charge < -0.3 is 15.5 Å². The maximum atomic E-state index is 6.10. The van der Waals surface area contributed by atoms with Crippen LogP contribution in [0.2, 0.25) is 10.0 Å². The van der Waals surface area contributed by atoms with Crippen LogP contribution >= 0.6 is 23.2 Å². The third-order valence-corrected chi connectivity index (χ3v) is 6.02. The average molecular weight is 460 g/mol. The Morgan fingerprint density at radius 1 is 0.935 bits per heavy atom. The highest BCUT2D eigenvalue weighted by Crippen LogP contribution is 2.26. The van der Waals surface area contributed by atoms with E-state index in [1.165, 1.54) is 0 Å². The van der Waals surface area contributed by atoms with E-state index in [-0.39, 0.29) is 7.43 Å². The molecule has 1 aliphatic carbocycles. The highest BCUT2D eigenvalue weighted by atomic mass is 35.5. The topological polar surface area (TPSA) is 53.1 Å². The Morgan fingerprint density at radius 3 is 2.26 bits per heavy atom. The van der Waals surface area contributed by atoms with Gasteiger partial charge in [-0.1, -0.05) is 42.8 Å². The molecule has 0 unspecified atom stereocenters. The van der Waals surface area contributed by atoms with E-state index in [1.54, 1.807) is 6.07 Å². The van der Waals surface area contributed by atoms with Crippen LogP contribution in [0, 0.1) is 0 Å². The molecule has 1 aliphatic rings. The van der Waals surface area contributed by atoms with Gasteiger partial charge in [-0.25, -0.2) is 4.98 Å². The molecule has 3 aromatic rings. The van der Waals surface area contributed by atoms with Gasteiger partial charge in [0.1, 0.15) is 5.82 Å². The molecule has 1 fully saturated rings. The predicted octanol–water partition coefficient (Wildman–Crippen LogP) is 6.15. The molecule has 5 nitrogen and oxygen atoms in total. The lowest BCUT2D eigenvalue weighted by Crippen LogP contribution is -2.37. The van der Waals surface area contributed by atoms with Gasteiger partial charge in [0.2, 0.25) is 5.95 Å². The zero-order chi connectivity index (χ0) is 21.1. The van der Waals surface area contributed by atoms with Gasteiger partial charge in [0.15, 0.2) is 0 Å². The Labute approximate surface area is 195 Å². The van der Waals surface area contributed by atoms with Crippen LogP contribution in [0.1, 0.15) is 38.7 Å². The molecule has 0 atom stereocenters. The summed E-state index contributed by atoms with van der Waals surface area (Å²) in [6.07, 6.45) is 4.39. The van der Waals surface area contributed by atoms with Crippen molar-refractivity contribution in [1.29, 1.82) is 0 Å². The monoisotopic (exact) mass is 459 g/mol. The fourth-order valence-electron chi connectivity index (χ4n) is 4.06. The van der Waals surface area contributed by atoms with E-state index in [4.69, 9.17) is 33.2 Å². The Kier molecular flexibility index (Phi) is 7.98. The number of nitrogens with one attached hydrogen (secondary N) is 2. The van der Waals surface area contributed by atoms with E-state index in [2.05, 4.69) is 16.7 Å². The molecule has 0 bridgehead atoms. The molecule has 0 spiro atoms. The SMILES string of the molecule is C.CN(C)c1nc(NC2CCC(NCc3cc(Cl)cc(Cl)c3)CC2)nc2ccccc12. The molecule has 7 heteroatoms. The summed E-state index contributed by atoms with van der Waals surface area (Å²) in [6.45, 7) is 0.781. The highest BCUT2D eigenvalue weighted by Gasteiger charge is 2.22. The summed E-state index contributed by atoms with van der Waals surface area (Å²) in [5, 5.41) is 9.64. The number of benzene rings is 2. The van der Waals surface area contributed by atoms with Crippen LogP contribution in [0.5, 0.6) is 0 Å². The van der Waals surface area contributed by atoms with Gasteiger partial charge in [-0.05, 0) is 61.6 Å². The van der Waals surface area contributed by atoms with Crippen LogP contribution in [0.15, 0.2) is 42.5 Å². The van der Waals surface area contributed by atoms with Gasteiger partial charge in [0, 0.05) is 48.2 Å². The zero-order valence-corrected chi connectivity index (χ0v) is 18.8. The van der Waals surface area contributed by atoms with E-state index in [0.717, 1.165) is 54.5 Å². The van der Waals surface area contributed by atoms with E-state index in [9.17, 15) is 0 Å². The third-order valence-electron chi connectivity index (χ3n) is 5.58. The summed E-state index contributed by atoms with van der Waals surface area (Å²) in [4.78, 5) is 11.5. The Morgan fingerprint density at radius 2 is 1.58 bits per heavy atom. The Bertz CT molecular complexity index is 996. The number of halogens is 2. The molecule has 2 N–H and O–H groups in total. The highest BCUT2D eigenvalue weighted by molar-refractivity contribution is 6.34. The van der Waals surface area contributed by atoms with Gasteiger partial charge in [-0.2, -0.15) is 4.98 Å². The molecular formula is C24H31Cl2N5. The van der Waals surface area contributed by atoms with E-state index < -0.39 is 0 Å². The molecular weight excluding hydrogens is 429 g/mol. The van der Waals surface area contributed by atoms with Crippen molar-refractivity contribution in [3.8, 4) is 0 Å². The lowest BCUT2D eigenvalue weighted by atomic mass is 9.91. The van der Waals surface area contributed by atoms with Crippen LogP contribution in [-0.4, -0.2) is 36.1 Å². The third kappa shape index (κ3) is 6.00. The number of para-hydroxylation sites is 1. The normalized spacial score (nSPS) is 18.5. The Hall–Kier alpha value is -2.08. The van der Waals surface area contributed by atoms with Gasteiger partial charge >= 0.3 is 0 Å². The number of nitrogens with zero attached hydrogens (tertiary/aromatic N) is 3. The summed E-state index contributed by atoms with van der Waals surface area (Å²) < 4.78 is 0. The van der Waals surface area contributed by atoms with Gasteiger partial charge in [-0.15, -0.1) is 0 Å². The van der Waals surface area contributed by atoms with Gasteiger partial charge in [0.05, 0.1) is 5.52 Å². The van der Waals surface area contributed by atoms with Crippen LogP contribution in [-0.2, 0) is 6.54 Å². The molecule has 166 valence electrons. The average Bonchev–Trinajstić information content (AvgIpc) is 2.72. The maximum absolute atomic E-state index is 6.10. The second kappa shape index (κ2) is 10.5. The maximum Gasteiger partial charge on any atom is 0.225 e. The molecule has 1 saturated carbocycles. The molecule has 1 aromatic heterocycles. The van der Waals surface area contributed by atoms with Crippen molar-refractivity contribution >= 4 is 45.9 Å². The van der Waals surface area contributed by atoms with Crippen LogP contribution in [0.25, 0.3) is 10.9 Å². The van der Waals surface area contributed by atoms with Crippen molar-refractivity contribution in [1.82, 2.24) is 15.3 Å². The summed E-state index contributed by atoms with van der Waals surface area (Å²) in [7, 11) is 4.03. The quantitative estimate of drug-likeness (QED) is 0.462. The summed E-state index contributed by atoms with van der Waals surface area (Å²) in [6, 6.07) is 14.7. The first-order valence-electron chi connectivity index (χ1n) is 10.4. The van der Waals surface area contributed by atoms with Crippen LogP contribution in [0.4, 0.5) is 11.8 Å². The predicted molar refractivity (Wildman–Crippen MR) is 134 cm³/mol. The number of aromatic nitrogens is 2. The van der Waals surface area contributed by atoms with Crippen molar-refractivity contribution in [2.45, 2.75) is 51.7 Å².